The third-order valence-electron chi connectivity index (χ3n) is 5.94. The summed E-state index contributed by atoms with van der Waals surface area (Å²) in [5.41, 5.74) is 3.26. The van der Waals surface area contributed by atoms with Gasteiger partial charge in [-0.05, 0) is 71.8 Å². The van der Waals surface area contributed by atoms with Crippen LogP contribution in [0.1, 0.15) is 14.5 Å². The molecule has 0 N–H and O–H groups in total. The molecular weight excluding hydrogens is 626 g/mol. The minimum absolute atomic E-state index is 0.164. The molecule has 0 atom stereocenters. The summed E-state index contributed by atoms with van der Waals surface area (Å²) < 4.78 is 31.5. The topological polar surface area (TPSA) is 17.1 Å². The van der Waals surface area contributed by atoms with Gasteiger partial charge in [-0.3, -0.25) is 4.79 Å². The van der Waals surface area contributed by atoms with E-state index >= 15 is 0 Å². The predicted molar refractivity (Wildman–Crippen MR) is 153 cm³/mol. The highest BCUT2D eigenvalue weighted by Gasteiger charge is 2.27. The third kappa shape index (κ3) is 4.14. The molecule has 4 aromatic carbocycles. The van der Waals surface area contributed by atoms with Gasteiger partial charge in [-0.15, -0.1) is 22.7 Å². The van der Waals surface area contributed by atoms with Crippen molar-refractivity contribution in [1.29, 1.82) is 0 Å². The molecule has 1 nitrogen and oxygen atoms in total. The van der Waals surface area contributed by atoms with Crippen molar-refractivity contribution < 1.29 is 13.6 Å². The minimum atomic E-state index is -0.351. The van der Waals surface area contributed by atoms with Crippen LogP contribution in [0.4, 0.5) is 8.78 Å². The average molecular weight is 640 g/mol. The second-order valence-electron chi connectivity index (χ2n) is 8.24. The molecule has 176 valence electrons. The molecule has 7 heteroatoms. The van der Waals surface area contributed by atoms with E-state index in [1.807, 2.05) is 48.5 Å². The molecule has 2 aromatic heterocycles. The largest absolute Gasteiger partial charge is 0.287 e. The first kappa shape index (κ1) is 23.7. The Kier molecular flexibility index (Phi) is 6.12. The minimum Gasteiger partial charge on any atom is -0.287 e. The van der Waals surface area contributed by atoms with E-state index in [9.17, 15) is 13.6 Å². The Hall–Kier alpha value is -2.71. The first-order valence-electron chi connectivity index (χ1n) is 10.9. The molecule has 0 saturated heterocycles. The summed E-state index contributed by atoms with van der Waals surface area (Å²) in [5, 5.41) is 1.64. The molecule has 6 aromatic rings. The number of fused-ring (bicyclic) bond motifs is 2. The highest BCUT2D eigenvalue weighted by atomic mass is 79.9. The third-order valence-corrected chi connectivity index (χ3v) is 9.23. The van der Waals surface area contributed by atoms with Crippen LogP contribution in [0.15, 0.2) is 93.9 Å². The fraction of sp³-hybridized carbons (Fsp3) is 0. The quantitative estimate of drug-likeness (QED) is 0.175. The second kappa shape index (κ2) is 9.30. The number of ketones is 1. The average Bonchev–Trinajstić information content (AvgIpc) is 3.41. The molecule has 36 heavy (non-hydrogen) atoms. The van der Waals surface area contributed by atoms with E-state index in [0.29, 0.717) is 19.2 Å². The normalized spacial score (nSPS) is 11.4. The van der Waals surface area contributed by atoms with Gasteiger partial charge in [-0.2, -0.15) is 0 Å². The van der Waals surface area contributed by atoms with Gasteiger partial charge < -0.3 is 0 Å². The van der Waals surface area contributed by atoms with Crippen LogP contribution < -0.4 is 0 Å². The van der Waals surface area contributed by atoms with E-state index in [1.165, 1.54) is 46.9 Å². The van der Waals surface area contributed by atoms with Gasteiger partial charge >= 0.3 is 0 Å². The number of rotatable bonds is 4. The van der Waals surface area contributed by atoms with Crippen LogP contribution in [0.5, 0.6) is 0 Å². The number of halogens is 4. The molecule has 0 aliphatic carbocycles. The van der Waals surface area contributed by atoms with Crippen molar-refractivity contribution in [2.45, 2.75) is 0 Å². The Bertz CT molecular complexity index is 1690. The number of benzene rings is 4. The monoisotopic (exact) mass is 638 g/mol. The van der Waals surface area contributed by atoms with Gasteiger partial charge in [0.05, 0.1) is 9.75 Å². The standard InChI is InChI=1S/C29H14Br2F2OS2/c30-17-5-1-3-15(11-17)25-21-9-7-19(32)13-23(21)35-28(25)27(34)29-26(16-4-2-6-18(31)12-16)22-10-8-20(33)14-24(22)36-29/h1-14H. The predicted octanol–water partition coefficient (Wildman–Crippen LogP) is 10.5. The number of hydrogen-bond acceptors (Lipinski definition) is 3. The molecule has 0 fully saturated rings. The van der Waals surface area contributed by atoms with Crippen molar-refractivity contribution in [3.8, 4) is 22.3 Å². The van der Waals surface area contributed by atoms with Crippen molar-refractivity contribution in [3.05, 3.63) is 115 Å². The smallest absolute Gasteiger partial charge is 0.214 e. The Labute approximate surface area is 230 Å². The first-order chi connectivity index (χ1) is 17.4. The maximum absolute atomic E-state index is 14.3. The molecule has 0 amide bonds. The zero-order valence-electron chi connectivity index (χ0n) is 18.3. The van der Waals surface area contributed by atoms with E-state index in [0.717, 1.165) is 42.0 Å². The van der Waals surface area contributed by atoms with Crippen molar-refractivity contribution in [2.24, 2.45) is 0 Å². The summed E-state index contributed by atoms with van der Waals surface area (Å²) in [4.78, 5) is 15.4. The van der Waals surface area contributed by atoms with Gasteiger partial charge in [0.1, 0.15) is 11.6 Å². The summed E-state index contributed by atoms with van der Waals surface area (Å²) in [6.07, 6.45) is 0. The lowest BCUT2D eigenvalue weighted by atomic mass is 9.96. The molecule has 0 unspecified atom stereocenters. The summed E-state index contributed by atoms with van der Waals surface area (Å²) in [5.74, 6) is -0.866. The van der Waals surface area contributed by atoms with Gasteiger partial charge in [0.25, 0.3) is 0 Å². The van der Waals surface area contributed by atoms with Crippen molar-refractivity contribution in [3.63, 3.8) is 0 Å². The maximum atomic E-state index is 14.3. The number of hydrogen-bond donors (Lipinski definition) is 0. The molecule has 0 bridgehead atoms. The summed E-state index contributed by atoms with van der Waals surface area (Å²) in [6.45, 7) is 0. The van der Waals surface area contributed by atoms with Crippen LogP contribution in [0.2, 0.25) is 0 Å². The van der Waals surface area contributed by atoms with Crippen LogP contribution in [-0.4, -0.2) is 5.78 Å². The Balaban J connectivity index is 1.65. The van der Waals surface area contributed by atoms with Gasteiger partial charge in [0.2, 0.25) is 5.78 Å². The number of thiophene rings is 2. The molecule has 6 rings (SSSR count). The van der Waals surface area contributed by atoms with Crippen molar-refractivity contribution >= 4 is 80.5 Å². The van der Waals surface area contributed by atoms with Crippen molar-refractivity contribution in [1.82, 2.24) is 0 Å². The van der Waals surface area contributed by atoms with Crippen LogP contribution in [0, 0.1) is 11.6 Å². The maximum Gasteiger partial charge on any atom is 0.214 e. The lowest BCUT2D eigenvalue weighted by Gasteiger charge is -2.08. The SMILES string of the molecule is O=C(c1sc2cc(F)ccc2c1-c1cccc(Br)c1)c1sc2cc(F)ccc2c1-c1cccc(Br)c1. The van der Waals surface area contributed by atoms with Crippen LogP contribution >= 0.6 is 54.5 Å². The molecular formula is C29H14Br2F2OS2. The van der Waals surface area contributed by atoms with E-state index < -0.39 is 0 Å². The lowest BCUT2D eigenvalue weighted by molar-refractivity contribution is 0.104. The second-order valence-corrected chi connectivity index (χ2v) is 12.2. The highest BCUT2D eigenvalue weighted by molar-refractivity contribution is 9.10. The van der Waals surface area contributed by atoms with Gasteiger partial charge in [-0.25, -0.2) is 8.78 Å². The Morgan fingerprint density at radius 3 is 1.47 bits per heavy atom. The molecule has 0 radical (unpaired) electrons. The van der Waals surface area contributed by atoms with Gasteiger partial charge in [0, 0.05) is 40.2 Å². The Morgan fingerprint density at radius 2 is 1.06 bits per heavy atom. The first-order valence-corrected chi connectivity index (χ1v) is 14.1. The fourth-order valence-corrected chi connectivity index (χ4v) is 7.68. The molecule has 0 aliphatic rings. The van der Waals surface area contributed by atoms with E-state index in [-0.39, 0.29) is 17.4 Å². The molecule has 2 heterocycles. The zero-order valence-corrected chi connectivity index (χ0v) is 23.1. The van der Waals surface area contributed by atoms with Gasteiger partial charge in [-0.1, -0.05) is 56.1 Å². The van der Waals surface area contributed by atoms with E-state index in [4.69, 9.17) is 0 Å². The zero-order chi connectivity index (χ0) is 25.0. The lowest BCUT2D eigenvalue weighted by Crippen LogP contribution is -2.00. The Morgan fingerprint density at radius 1 is 0.611 bits per heavy atom. The van der Waals surface area contributed by atoms with Crippen molar-refractivity contribution in [2.75, 3.05) is 0 Å². The van der Waals surface area contributed by atoms with Crippen LogP contribution in [-0.2, 0) is 0 Å². The highest BCUT2D eigenvalue weighted by Crippen LogP contribution is 2.45. The number of carbonyl (C=O) groups excluding carboxylic acids is 1. The molecule has 0 aliphatic heterocycles. The summed E-state index contributed by atoms with van der Waals surface area (Å²) >= 11 is 9.62. The van der Waals surface area contributed by atoms with Gasteiger partial charge in [0.15, 0.2) is 0 Å². The van der Waals surface area contributed by atoms with E-state index in [1.54, 1.807) is 12.1 Å². The fourth-order valence-electron chi connectivity index (χ4n) is 4.42. The summed E-state index contributed by atoms with van der Waals surface area (Å²) in [7, 11) is 0. The molecule has 0 spiro atoms. The van der Waals surface area contributed by atoms with Crippen LogP contribution in [0.25, 0.3) is 42.4 Å². The molecule has 0 saturated carbocycles. The van der Waals surface area contributed by atoms with E-state index in [2.05, 4.69) is 31.9 Å². The number of carbonyl (C=O) groups is 1. The summed E-state index contributed by atoms with van der Waals surface area (Å²) in [6, 6.07) is 24.7. The van der Waals surface area contributed by atoms with Crippen LogP contribution in [0.3, 0.4) is 0 Å².